The molecule has 0 amide bonds. The van der Waals surface area contributed by atoms with Gasteiger partial charge in [0.15, 0.2) is 5.84 Å². The van der Waals surface area contributed by atoms with Crippen LogP contribution in [0, 0.1) is 6.92 Å². The van der Waals surface area contributed by atoms with Crippen molar-refractivity contribution in [2.24, 2.45) is 17.0 Å². The van der Waals surface area contributed by atoms with E-state index in [1.165, 1.54) is 10.2 Å². The third kappa shape index (κ3) is 8.41. The second-order valence-corrected chi connectivity index (χ2v) is 15.3. The highest BCUT2D eigenvalue weighted by atomic mass is 35.5. The van der Waals surface area contributed by atoms with Crippen LogP contribution in [0.3, 0.4) is 0 Å². The molecule has 0 spiro atoms. The second-order valence-electron chi connectivity index (χ2n) is 12.4. The van der Waals surface area contributed by atoms with Crippen LogP contribution >= 0.6 is 11.6 Å². The topological polar surface area (TPSA) is 133 Å². The Morgan fingerprint density at radius 2 is 1.84 bits per heavy atom. The molecule has 13 heteroatoms. The molecule has 3 N–H and O–H groups in total. The molecule has 0 saturated carbocycles. The molecule has 3 rings (SSSR count). The fraction of sp³-hybridized carbons (Fsp3) is 0.581. The number of guanidine groups is 1. The summed E-state index contributed by atoms with van der Waals surface area (Å²) in [6, 6.07) is 4.14. The Labute approximate surface area is 267 Å². The Balaban J connectivity index is 1.93. The van der Waals surface area contributed by atoms with Crippen LogP contribution in [0.1, 0.15) is 71.4 Å². The first-order valence-corrected chi connectivity index (χ1v) is 16.8. The molecule has 0 atom stereocenters. The van der Waals surface area contributed by atoms with Gasteiger partial charge in [-0.05, 0) is 104 Å². The lowest BCUT2D eigenvalue weighted by Crippen LogP contribution is -2.50. The Morgan fingerprint density at radius 3 is 2.36 bits per heavy atom. The number of piperidine rings is 1. The highest BCUT2D eigenvalue weighted by molar-refractivity contribution is 7.92. The van der Waals surface area contributed by atoms with Crippen LogP contribution in [0.15, 0.2) is 45.0 Å². The van der Waals surface area contributed by atoms with Crippen LogP contribution in [-0.4, -0.2) is 83.6 Å². The molecule has 0 aliphatic carbocycles. The van der Waals surface area contributed by atoms with E-state index in [2.05, 4.69) is 64.0 Å². The van der Waals surface area contributed by atoms with Gasteiger partial charge in [-0.25, -0.2) is 8.42 Å². The number of anilines is 2. The molecule has 244 valence electrons. The van der Waals surface area contributed by atoms with Crippen molar-refractivity contribution < 1.29 is 18.3 Å². The van der Waals surface area contributed by atoms with Crippen LogP contribution < -0.4 is 15.4 Å². The quantitative estimate of drug-likeness (QED) is 0.233. The van der Waals surface area contributed by atoms with Crippen molar-refractivity contribution in [3.8, 4) is 5.75 Å². The average molecular weight is 650 g/mol. The van der Waals surface area contributed by atoms with Crippen molar-refractivity contribution >= 4 is 44.6 Å². The monoisotopic (exact) mass is 649 g/mol. The number of aliphatic hydroxyl groups is 1. The van der Waals surface area contributed by atoms with E-state index in [9.17, 15) is 13.5 Å². The van der Waals surface area contributed by atoms with E-state index in [-0.39, 0.29) is 45.8 Å². The molecule has 1 aromatic carbocycles. The van der Waals surface area contributed by atoms with E-state index in [1.54, 1.807) is 34.1 Å². The number of likely N-dealkylation sites (tertiary alicyclic amines) is 1. The normalized spacial score (nSPS) is 16.1. The predicted octanol–water partition coefficient (Wildman–Crippen LogP) is 5.31. The Morgan fingerprint density at radius 1 is 1.20 bits per heavy atom. The molecule has 1 aliphatic heterocycles. The molecule has 1 saturated heterocycles. The predicted molar refractivity (Wildman–Crippen MR) is 180 cm³/mol. The van der Waals surface area contributed by atoms with Gasteiger partial charge in [0, 0.05) is 25.8 Å². The number of amidine groups is 1. The van der Waals surface area contributed by atoms with Crippen molar-refractivity contribution in [1.82, 2.24) is 14.7 Å². The molecular weight excluding hydrogens is 602 g/mol. The molecular formula is C31H48ClN7O4S. The van der Waals surface area contributed by atoms with Crippen LogP contribution in [0.4, 0.5) is 11.4 Å². The van der Waals surface area contributed by atoms with E-state index in [4.69, 9.17) is 16.3 Å². The average Bonchev–Trinajstić information content (AvgIpc) is 3.33. The molecule has 2 heterocycles. The Kier molecular flexibility index (Phi) is 11.7. The fourth-order valence-corrected chi connectivity index (χ4v) is 6.31. The minimum absolute atomic E-state index is 0.0607. The lowest BCUT2D eigenvalue weighted by Gasteiger charge is -2.42. The van der Waals surface area contributed by atoms with Gasteiger partial charge < -0.3 is 20.5 Å². The zero-order valence-electron chi connectivity index (χ0n) is 27.4. The highest BCUT2D eigenvalue weighted by Gasteiger charge is 2.32. The minimum atomic E-state index is -3.69. The van der Waals surface area contributed by atoms with Crippen LogP contribution in [0.25, 0.3) is 0 Å². The number of aromatic nitrogens is 2. The number of hydrogen-bond donors (Lipinski definition) is 3. The fourth-order valence-electron chi connectivity index (χ4n) is 5.12. The number of aliphatic imine (C=N–C) groups is 2. The van der Waals surface area contributed by atoms with Gasteiger partial charge in [-0.2, -0.15) is 10.1 Å². The number of aliphatic hydroxyl groups excluding tert-OH is 1. The number of hydrogen-bond acceptors (Lipinski definition) is 7. The first kappa shape index (κ1) is 35.5. The summed E-state index contributed by atoms with van der Waals surface area (Å²) in [5, 5.41) is 19.5. The lowest BCUT2D eigenvalue weighted by atomic mass is 9.85. The number of rotatable bonds is 10. The van der Waals surface area contributed by atoms with Gasteiger partial charge in [-0.1, -0.05) is 18.2 Å². The molecule has 11 nitrogen and oxygen atoms in total. The van der Waals surface area contributed by atoms with Gasteiger partial charge in [0.1, 0.15) is 5.75 Å². The number of sulfone groups is 1. The molecule has 0 bridgehead atoms. The molecule has 1 aliphatic rings. The third-order valence-electron chi connectivity index (χ3n) is 7.78. The van der Waals surface area contributed by atoms with Gasteiger partial charge in [0.2, 0.25) is 20.8 Å². The summed E-state index contributed by atoms with van der Waals surface area (Å²) in [6.07, 6.45) is 3.45. The van der Waals surface area contributed by atoms with Crippen molar-refractivity contribution in [1.29, 1.82) is 0 Å². The van der Waals surface area contributed by atoms with Gasteiger partial charge in [0.05, 0.1) is 34.4 Å². The number of benzene rings is 1. The second kappa shape index (κ2) is 14.4. The zero-order chi connectivity index (χ0) is 33.0. The lowest BCUT2D eigenvalue weighted by molar-refractivity contribution is 0.0378. The molecule has 2 aromatic rings. The van der Waals surface area contributed by atoms with Gasteiger partial charge >= 0.3 is 0 Å². The van der Waals surface area contributed by atoms with Crippen LogP contribution in [0.2, 0.25) is 0 Å². The van der Waals surface area contributed by atoms with E-state index in [0.717, 1.165) is 31.5 Å². The zero-order valence-corrected chi connectivity index (χ0v) is 29.0. The van der Waals surface area contributed by atoms with Gasteiger partial charge in [-0.15, -0.1) is 0 Å². The summed E-state index contributed by atoms with van der Waals surface area (Å²) in [5.74, 6) is 1.37. The van der Waals surface area contributed by atoms with Crippen molar-refractivity contribution in [3.05, 3.63) is 41.1 Å². The Bertz CT molecular complexity index is 1500. The Hall–Kier alpha value is -2.93. The maximum atomic E-state index is 12.9. The summed E-state index contributed by atoms with van der Waals surface area (Å²) in [6.45, 7) is 19.1. The maximum Gasteiger partial charge on any atom is 0.224 e. The van der Waals surface area contributed by atoms with E-state index in [0.29, 0.717) is 17.4 Å². The molecule has 0 radical (unpaired) electrons. The molecule has 1 fully saturated rings. The summed E-state index contributed by atoms with van der Waals surface area (Å²) in [5.41, 5.74) is 3.03. The SMILES string of the molecule is C=C(Cl)/C(=N\C(=N/C)Nc1cc(C)c(C2CCN(C(C)(C)CO)CC2)cc1OC(C)C)Nc1cn(C)nc1S(=O)(=O)C(C)C. The maximum absolute atomic E-state index is 12.9. The van der Waals surface area contributed by atoms with E-state index in [1.807, 2.05) is 19.9 Å². The number of nitrogens with one attached hydrogen (secondary N) is 2. The van der Waals surface area contributed by atoms with Crippen molar-refractivity contribution in [2.75, 3.05) is 37.4 Å². The number of nitrogens with zero attached hydrogens (tertiary/aromatic N) is 5. The highest BCUT2D eigenvalue weighted by Crippen LogP contribution is 2.38. The summed E-state index contributed by atoms with van der Waals surface area (Å²) >= 11 is 6.32. The summed E-state index contributed by atoms with van der Waals surface area (Å²) < 4.78 is 33.5. The largest absolute Gasteiger partial charge is 0.489 e. The molecule has 1 aromatic heterocycles. The van der Waals surface area contributed by atoms with Crippen molar-refractivity contribution in [2.45, 2.75) is 89.1 Å². The first-order chi connectivity index (χ1) is 20.5. The van der Waals surface area contributed by atoms with Crippen LogP contribution in [0.5, 0.6) is 5.75 Å². The van der Waals surface area contributed by atoms with Gasteiger partial charge in [-0.3, -0.25) is 14.6 Å². The standard InChI is InChI=1S/C31H48ClN7O4S/c1-19(2)43-27-16-24(23-11-13-39(14-12-23)31(7,8)18-40)21(5)15-25(27)35-30(33-9)36-28(22(6)32)34-26-17-38(10)37-29(26)44(41,42)20(3)4/h15-17,19-20,23,40H,6,11-14,18H2,1-5,7-10H3,(H2,33,34,35,36). The van der Waals surface area contributed by atoms with Crippen molar-refractivity contribution in [3.63, 3.8) is 0 Å². The first-order valence-electron chi connectivity index (χ1n) is 14.9. The number of aryl methyl sites for hydroxylation is 2. The molecule has 0 unspecified atom stereocenters. The summed E-state index contributed by atoms with van der Waals surface area (Å²) in [7, 11) is -0.460. The van der Waals surface area contributed by atoms with Gasteiger partial charge in [0.25, 0.3) is 0 Å². The molecule has 44 heavy (non-hydrogen) atoms. The third-order valence-corrected chi connectivity index (χ3v) is 10.0. The van der Waals surface area contributed by atoms with E-state index < -0.39 is 15.1 Å². The van der Waals surface area contributed by atoms with E-state index >= 15 is 0 Å². The summed E-state index contributed by atoms with van der Waals surface area (Å²) in [4.78, 5) is 11.2. The number of halogens is 1. The minimum Gasteiger partial charge on any atom is -0.489 e. The van der Waals surface area contributed by atoms with Crippen LogP contribution in [-0.2, 0) is 16.9 Å². The number of ether oxygens (including phenoxy) is 1. The smallest absolute Gasteiger partial charge is 0.224 e.